The van der Waals surface area contributed by atoms with Crippen LogP contribution in [0.4, 0.5) is 9.18 Å². The fourth-order valence-corrected chi connectivity index (χ4v) is 1.65. The number of carbonyl (C=O) groups excluding carboxylic acids is 1. The molecule has 20 heavy (non-hydrogen) atoms. The van der Waals surface area contributed by atoms with E-state index >= 15 is 0 Å². The molecule has 0 atom stereocenters. The van der Waals surface area contributed by atoms with Gasteiger partial charge >= 0.3 is 6.09 Å². The number of halogens is 1. The monoisotopic (exact) mass is 279 g/mol. The third kappa shape index (κ3) is 4.68. The van der Waals surface area contributed by atoms with E-state index in [2.05, 4.69) is 6.58 Å². The molecule has 0 aliphatic rings. The summed E-state index contributed by atoms with van der Waals surface area (Å²) in [5, 5.41) is 0. The van der Waals surface area contributed by atoms with Crippen molar-refractivity contribution in [3.8, 4) is 0 Å². The maximum atomic E-state index is 13.2. The van der Waals surface area contributed by atoms with E-state index in [9.17, 15) is 9.18 Å². The molecule has 1 rings (SSSR count). The molecule has 1 amide bonds. The van der Waals surface area contributed by atoms with Crippen LogP contribution in [0.25, 0.3) is 5.57 Å². The maximum absolute atomic E-state index is 13.2. The second-order valence-corrected chi connectivity index (χ2v) is 5.90. The third-order valence-corrected chi connectivity index (χ3v) is 2.70. The molecule has 0 aromatic heterocycles. The summed E-state index contributed by atoms with van der Waals surface area (Å²) in [6, 6.07) is 4.79. The summed E-state index contributed by atoms with van der Waals surface area (Å²) in [6.45, 7) is 11.4. The Morgan fingerprint density at radius 1 is 1.40 bits per heavy atom. The van der Waals surface area contributed by atoms with Crippen LogP contribution in [0.3, 0.4) is 0 Å². The van der Waals surface area contributed by atoms with Gasteiger partial charge in [-0.3, -0.25) is 0 Å². The van der Waals surface area contributed by atoms with Crippen LogP contribution in [0, 0.1) is 12.7 Å². The van der Waals surface area contributed by atoms with Crippen LogP contribution < -0.4 is 0 Å². The first-order chi connectivity index (χ1) is 9.10. The van der Waals surface area contributed by atoms with Crippen LogP contribution in [0.5, 0.6) is 0 Å². The van der Waals surface area contributed by atoms with Crippen molar-refractivity contribution in [2.24, 2.45) is 0 Å². The predicted octanol–water partition coefficient (Wildman–Crippen LogP) is 4.01. The number of hydrogen-bond donors (Lipinski definition) is 0. The number of likely N-dealkylation sites (N-methyl/N-ethyl adjacent to an activating group) is 1. The average Bonchev–Trinajstić information content (AvgIpc) is 2.30. The summed E-state index contributed by atoms with van der Waals surface area (Å²) in [6.07, 6.45) is -0.405. The van der Waals surface area contributed by atoms with Gasteiger partial charge in [0, 0.05) is 13.6 Å². The average molecular weight is 279 g/mol. The lowest BCUT2D eigenvalue weighted by molar-refractivity contribution is 0.0321. The number of ether oxygens (including phenoxy) is 1. The molecule has 1 aromatic rings. The quantitative estimate of drug-likeness (QED) is 0.836. The lowest BCUT2D eigenvalue weighted by Crippen LogP contribution is -2.35. The Morgan fingerprint density at radius 3 is 2.50 bits per heavy atom. The minimum Gasteiger partial charge on any atom is -0.444 e. The van der Waals surface area contributed by atoms with Crippen LogP contribution >= 0.6 is 0 Å². The van der Waals surface area contributed by atoms with Gasteiger partial charge in [0.05, 0.1) is 0 Å². The van der Waals surface area contributed by atoms with Gasteiger partial charge in [0.15, 0.2) is 0 Å². The standard InChI is InChI=1S/C16H22FNO2/c1-11-9-13(7-8-14(11)17)12(2)10-18(6)15(19)20-16(3,4)5/h7-9H,2,10H2,1,3-6H3. The summed E-state index contributed by atoms with van der Waals surface area (Å²) in [5.74, 6) is -0.248. The molecule has 0 saturated carbocycles. The van der Waals surface area contributed by atoms with Gasteiger partial charge < -0.3 is 9.64 Å². The van der Waals surface area contributed by atoms with Crippen molar-refractivity contribution in [3.05, 3.63) is 41.7 Å². The molecule has 0 fully saturated rings. The summed E-state index contributed by atoms with van der Waals surface area (Å²) in [7, 11) is 1.65. The number of carbonyl (C=O) groups is 1. The molecule has 110 valence electrons. The molecular formula is C16H22FNO2. The van der Waals surface area contributed by atoms with Crippen LogP contribution in [0.15, 0.2) is 24.8 Å². The number of amides is 1. The Hall–Kier alpha value is -1.84. The molecule has 0 aliphatic carbocycles. The van der Waals surface area contributed by atoms with Crippen molar-refractivity contribution >= 4 is 11.7 Å². The number of rotatable bonds is 3. The summed E-state index contributed by atoms with van der Waals surface area (Å²) >= 11 is 0. The Labute approximate surface area is 120 Å². The van der Waals surface area contributed by atoms with Crippen LogP contribution in [-0.4, -0.2) is 30.2 Å². The van der Waals surface area contributed by atoms with Crippen molar-refractivity contribution in [2.45, 2.75) is 33.3 Å². The Balaban J connectivity index is 2.70. The van der Waals surface area contributed by atoms with Crippen LogP contribution in [0.1, 0.15) is 31.9 Å². The van der Waals surface area contributed by atoms with Crippen molar-refractivity contribution in [1.82, 2.24) is 4.90 Å². The molecule has 0 heterocycles. The Kier molecular flexibility index (Phi) is 4.93. The molecular weight excluding hydrogens is 257 g/mol. The van der Waals surface area contributed by atoms with Gasteiger partial charge in [0.2, 0.25) is 0 Å². The van der Waals surface area contributed by atoms with Crippen LogP contribution in [0.2, 0.25) is 0 Å². The summed E-state index contributed by atoms with van der Waals surface area (Å²) in [4.78, 5) is 13.3. The maximum Gasteiger partial charge on any atom is 0.410 e. The number of nitrogens with zero attached hydrogens (tertiary/aromatic N) is 1. The first-order valence-electron chi connectivity index (χ1n) is 6.48. The van der Waals surface area contributed by atoms with E-state index in [1.54, 1.807) is 26.1 Å². The van der Waals surface area contributed by atoms with Crippen LogP contribution in [-0.2, 0) is 4.74 Å². The van der Waals surface area contributed by atoms with E-state index in [1.807, 2.05) is 20.8 Å². The Morgan fingerprint density at radius 2 is 2.00 bits per heavy atom. The predicted molar refractivity (Wildman–Crippen MR) is 79.0 cm³/mol. The van der Waals surface area contributed by atoms with Gasteiger partial charge in [-0.25, -0.2) is 9.18 Å². The van der Waals surface area contributed by atoms with Gasteiger partial charge in [-0.1, -0.05) is 12.6 Å². The zero-order chi connectivity index (χ0) is 15.5. The smallest absolute Gasteiger partial charge is 0.410 e. The lowest BCUT2D eigenvalue weighted by Gasteiger charge is -2.25. The molecule has 0 radical (unpaired) electrons. The topological polar surface area (TPSA) is 29.5 Å². The normalized spacial score (nSPS) is 11.1. The number of aryl methyl sites for hydroxylation is 1. The zero-order valence-corrected chi connectivity index (χ0v) is 12.8. The molecule has 4 heteroatoms. The van der Waals surface area contributed by atoms with Gasteiger partial charge in [0.1, 0.15) is 11.4 Å². The van der Waals surface area contributed by atoms with Gasteiger partial charge in [0.25, 0.3) is 0 Å². The van der Waals surface area contributed by atoms with Crippen molar-refractivity contribution in [3.63, 3.8) is 0 Å². The molecule has 1 aromatic carbocycles. The highest BCUT2D eigenvalue weighted by atomic mass is 19.1. The van der Waals surface area contributed by atoms with Crippen molar-refractivity contribution < 1.29 is 13.9 Å². The minimum absolute atomic E-state index is 0.248. The molecule has 0 aliphatic heterocycles. The highest BCUT2D eigenvalue weighted by molar-refractivity contribution is 5.73. The van der Waals surface area contributed by atoms with E-state index < -0.39 is 11.7 Å². The van der Waals surface area contributed by atoms with E-state index in [0.717, 1.165) is 11.1 Å². The molecule has 3 nitrogen and oxygen atoms in total. The van der Waals surface area contributed by atoms with E-state index in [4.69, 9.17) is 4.74 Å². The molecule has 0 saturated heterocycles. The highest BCUT2D eigenvalue weighted by Crippen LogP contribution is 2.18. The van der Waals surface area contributed by atoms with Gasteiger partial charge in [-0.15, -0.1) is 0 Å². The second kappa shape index (κ2) is 6.07. The minimum atomic E-state index is -0.529. The van der Waals surface area contributed by atoms with E-state index in [1.165, 1.54) is 11.0 Å². The Bertz CT molecular complexity index is 518. The molecule has 0 unspecified atom stereocenters. The fraction of sp³-hybridized carbons (Fsp3) is 0.438. The first kappa shape index (κ1) is 16.2. The van der Waals surface area contributed by atoms with Crippen molar-refractivity contribution in [2.75, 3.05) is 13.6 Å². The van der Waals surface area contributed by atoms with Gasteiger partial charge in [-0.05, 0) is 56.5 Å². The lowest BCUT2D eigenvalue weighted by atomic mass is 10.0. The molecule has 0 spiro atoms. The van der Waals surface area contributed by atoms with E-state index in [0.29, 0.717) is 12.1 Å². The van der Waals surface area contributed by atoms with Gasteiger partial charge in [-0.2, -0.15) is 0 Å². The third-order valence-electron chi connectivity index (χ3n) is 2.70. The zero-order valence-electron chi connectivity index (χ0n) is 12.8. The number of hydrogen-bond acceptors (Lipinski definition) is 2. The summed E-state index contributed by atoms with van der Waals surface area (Å²) < 4.78 is 18.5. The SMILES string of the molecule is C=C(CN(C)C(=O)OC(C)(C)C)c1ccc(F)c(C)c1. The largest absolute Gasteiger partial charge is 0.444 e. The fourth-order valence-electron chi connectivity index (χ4n) is 1.65. The molecule has 0 N–H and O–H groups in total. The second-order valence-electron chi connectivity index (χ2n) is 5.90. The first-order valence-corrected chi connectivity index (χ1v) is 6.48. The van der Waals surface area contributed by atoms with Crippen molar-refractivity contribution in [1.29, 1.82) is 0 Å². The molecule has 0 bridgehead atoms. The number of benzene rings is 1. The highest BCUT2D eigenvalue weighted by Gasteiger charge is 2.20. The van der Waals surface area contributed by atoms with E-state index in [-0.39, 0.29) is 5.82 Å². The summed E-state index contributed by atoms with van der Waals surface area (Å²) in [5.41, 5.74) is 1.59.